The fraction of sp³-hybridized carbons (Fsp3) is 0.209. The first kappa shape index (κ1) is 34.4. The van der Waals surface area contributed by atoms with Gasteiger partial charge < -0.3 is 4.42 Å². The van der Waals surface area contributed by atoms with Gasteiger partial charge in [0.1, 0.15) is 17.2 Å². The molecule has 0 radical (unpaired) electrons. The van der Waals surface area contributed by atoms with Crippen LogP contribution in [0.2, 0.25) is 0 Å². The van der Waals surface area contributed by atoms with Crippen molar-refractivity contribution in [2.24, 2.45) is 0 Å². The molecule has 2 N–H and O–H groups in total. The fourth-order valence-electron chi connectivity index (χ4n) is 7.60. The number of nitrogens with one attached hydrogen (secondary N) is 2. The summed E-state index contributed by atoms with van der Waals surface area (Å²) in [5.74, 6) is 2.49. The van der Waals surface area contributed by atoms with E-state index < -0.39 is 0 Å². The number of tetrazole rings is 2. The molecule has 2 saturated heterocycles. The molecule has 0 saturated carbocycles. The smallest absolute Gasteiger partial charge is 0.180 e. The van der Waals surface area contributed by atoms with Gasteiger partial charge in [-0.15, -0.1) is 20.4 Å². The second-order valence-electron chi connectivity index (χ2n) is 14.3. The van der Waals surface area contributed by atoms with Crippen molar-refractivity contribution in [3.63, 3.8) is 0 Å². The molecule has 5 heterocycles. The van der Waals surface area contributed by atoms with Crippen molar-refractivity contribution >= 4 is 11.0 Å². The summed E-state index contributed by atoms with van der Waals surface area (Å²) >= 11 is 0. The molecule has 0 atom stereocenters. The molecule has 3 aromatic heterocycles. The predicted molar refractivity (Wildman–Crippen MR) is 206 cm³/mol. The average Bonchev–Trinajstić information content (AvgIpc) is 3.99. The first-order valence-corrected chi connectivity index (χ1v) is 18.5. The van der Waals surface area contributed by atoms with Gasteiger partial charge >= 0.3 is 0 Å². The lowest BCUT2D eigenvalue weighted by atomic mass is 9.90. The van der Waals surface area contributed by atoms with Gasteiger partial charge in [-0.05, 0) is 64.6 Å². The zero-order valence-corrected chi connectivity index (χ0v) is 30.0. The van der Waals surface area contributed by atoms with E-state index in [9.17, 15) is 4.39 Å². The number of halogens is 1. The van der Waals surface area contributed by atoms with Gasteiger partial charge in [0, 0.05) is 49.9 Å². The number of aromatic amines is 2. The van der Waals surface area contributed by atoms with Crippen molar-refractivity contribution in [2.45, 2.75) is 30.8 Å². The molecule has 0 spiro atoms. The number of hydrogen-bond acceptors (Lipinski definition) is 9. The molecule has 8 aromatic rings. The Balaban J connectivity index is 0.000000157. The molecule has 55 heavy (non-hydrogen) atoms. The third-order valence-electron chi connectivity index (χ3n) is 10.5. The number of H-pyrrole nitrogens is 2. The van der Waals surface area contributed by atoms with Gasteiger partial charge in [0.2, 0.25) is 0 Å². The van der Waals surface area contributed by atoms with Crippen LogP contribution in [0.15, 0.2) is 138 Å². The summed E-state index contributed by atoms with van der Waals surface area (Å²) in [6.07, 6.45) is 0.852. The molecule has 11 nitrogen and oxygen atoms in total. The van der Waals surface area contributed by atoms with Gasteiger partial charge in [-0.2, -0.15) is 10.4 Å². The molecule has 0 bridgehead atoms. The van der Waals surface area contributed by atoms with Crippen molar-refractivity contribution in [1.82, 2.24) is 51.0 Å². The Bertz CT molecular complexity index is 2390. The minimum absolute atomic E-state index is 0.272. The van der Waals surface area contributed by atoms with Crippen LogP contribution in [0.4, 0.5) is 4.39 Å². The lowest BCUT2D eigenvalue weighted by Crippen LogP contribution is -2.47. The van der Waals surface area contributed by atoms with Gasteiger partial charge in [-0.1, -0.05) is 114 Å². The van der Waals surface area contributed by atoms with Gasteiger partial charge in [0.25, 0.3) is 0 Å². The molecule has 0 amide bonds. The van der Waals surface area contributed by atoms with E-state index in [1.165, 1.54) is 22.3 Å². The minimum atomic E-state index is -0.272. The number of fused-ring (bicyclic) bond motifs is 1. The Labute approximate surface area is 317 Å². The first-order valence-electron chi connectivity index (χ1n) is 18.5. The third-order valence-corrected chi connectivity index (χ3v) is 10.5. The maximum absolute atomic E-state index is 15.0. The Morgan fingerprint density at radius 3 is 1.84 bits per heavy atom. The molecule has 274 valence electrons. The van der Waals surface area contributed by atoms with Crippen LogP contribution in [0.1, 0.15) is 57.3 Å². The van der Waals surface area contributed by atoms with Crippen LogP contribution in [0.3, 0.4) is 0 Å². The zero-order chi connectivity index (χ0) is 37.0. The second-order valence-corrected chi connectivity index (χ2v) is 14.3. The van der Waals surface area contributed by atoms with Crippen LogP contribution < -0.4 is 0 Å². The maximum Gasteiger partial charge on any atom is 0.180 e. The summed E-state index contributed by atoms with van der Waals surface area (Å²) in [4.78, 5) is 4.70. The topological polar surface area (TPSA) is 129 Å². The number of furan rings is 1. The van der Waals surface area contributed by atoms with Crippen LogP contribution in [0.25, 0.3) is 22.3 Å². The third kappa shape index (κ3) is 7.68. The minimum Gasteiger partial charge on any atom is -0.456 e. The molecular formula is C43H39FN10O. The van der Waals surface area contributed by atoms with E-state index in [2.05, 4.69) is 136 Å². The van der Waals surface area contributed by atoms with E-state index in [0.29, 0.717) is 23.8 Å². The van der Waals surface area contributed by atoms with Crippen molar-refractivity contribution in [1.29, 1.82) is 0 Å². The van der Waals surface area contributed by atoms with E-state index in [4.69, 9.17) is 4.42 Å². The predicted octanol–water partition coefficient (Wildman–Crippen LogP) is 7.33. The second kappa shape index (κ2) is 15.5. The van der Waals surface area contributed by atoms with E-state index in [0.717, 1.165) is 60.8 Å². The number of likely N-dealkylation sites (tertiary alicyclic amines) is 2. The van der Waals surface area contributed by atoms with Gasteiger partial charge in [-0.25, -0.2) is 4.39 Å². The Hall–Kier alpha value is -6.37. The number of aromatic nitrogens is 8. The molecule has 0 unspecified atom stereocenters. The number of nitrogens with zero attached hydrogens (tertiary/aromatic N) is 8. The van der Waals surface area contributed by atoms with Crippen LogP contribution in [-0.4, -0.2) is 77.2 Å². The van der Waals surface area contributed by atoms with E-state index in [1.807, 2.05) is 42.5 Å². The van der Waals surface area contributed by atoms with Gasteiger partial charge in [-0.3, -0.25) is 9.80 Å². The summed E-state index contributed by atoms with van der Waals surface area (Å²) in [5.41, 5.74) is 7.27. The van der Waals surface area contributed by atoms with Gasteiger partial charge in [0.15, 0.2) is 11.6 Å². The highest BCUT2D eigenvalue weighted by Crippen LogP contribution is 2.37. The molecule has 5 aromatic carbocycles. The Kier molecular flexibility index (Phi) is 9.72. The van der Waals surface area contributed by atoms with E-state index >= 15 is 0 Å². The monoisotopic (exact) mass is 730 g/mol. The molecule has 2 aliphatic heterocycles. The lowest BCUT2D eigenvalue weighted by molar-refractivity contribution is 0.107. The summed E-state index contributed by atoms with van der Waals surface area (Å²) < 4.78 is 21.0. The molecule has 2 aliphatic rings. The Morgan fingerprint density at radius 2 is 1.24 bits per heavy atom. The van der Waals surface area contributed by atoms with Crippen LogP contribution in [0, 0.1) is 5.82 Å². The van der Waals surface area contributed by atoms with E-state index in [1.54, 1.807) is 6.07 Å². The largest absolute Gasteiger partial charge is 0.456 e. The zero-order valence-electron chi connectivity index (χ0n) is 30.0. The Morgan fingerprint density at radius 1 is 0.636 bits per heavy atom. The van der Waals surface area contributed by atoms with Crippen molar-refractivity contribution in [2.75, 3.05) is 26.2 Å². The SMILES string of the molecule is Fc1cc(CN2CC(c3nn[nH]n3)C2)ccc1-c1cc2cc(Cc3ccccc3)ccc2o1.c1ccc(C(c2ccccc2)N2CC(c3nn[nH]n3)C2)cc1. The lowest BCUT2D eigenvalue weighted by Gasteiger charge is -2.43. The van der Waals surface area contributed by atoms with E-state index in [-0.39, 0.29) is 17.8 Å². The van der Waals surface area contributed by atoms with Crippen LogP contribution in [-0.2, 0) is 13.0 Å². The number of benzene rings is 5. The normalized spacial score (nSPS) is 15.1. The highest BCUT2D eigenvalue weighted by atomic mass is 19.1. The molecule has 2 fully saturated rings. The summed E-state index contributed by atoms with van der Waals surface area (Å²) in [5, 5.41) is 29.6. The molecular weight excluding hydrogens is 692 g/mol. The number of rotatable bonds is 10. The standard InChI is InChI=1S/C26H22FN5O.C17H17N5/c27-23-12-19(14-32-15-21(16-32)26-28-30-31-29-26)6-8-22(23)25-13-20-11-18(7-9-24(20)33-25)10-17-4-2-1-3-5-17;1-3-7-13(8-4-1)16(14-9-5-2-6-10-14)22-11-15(12-22)17-18-20-21-19-17/h1-9,11-13,21H,10,14-16H2,(H,28,29,30,31);1-10,15-16H,11-12H2,(H,18,19,20,21). The summed E-state index contributed by atoms with van der Waals surface area (Å²) in [6.45, 7) is 4.28. The van der Waals surface area contributed by atoms with Crippen molar-refractivity contribution < 1.29 is 8.81 Å². The van der Waals surface area contributed by atoms with Gasteiger partial charge in [0.05, 0.1) is 11.6 Å². The molecule has 10 rings (SSSR count). The summed E-state index contributed by atoms with van der Waals surface area (Å²) in [7, 11) is 0. The van der Waals surface area contributed by atoms with Crippen LogP contribution >= 0.6 is 0 Å². The average molecular weight is 731 g/mol. The highest BCUT2D eigenvalue weighted by Gasteiger charge is 2.37. The van der Waals surface area contributed by atoms with Crippen LogP contribution in [0.5, 0.6) is 0 Å². The van der Waals surface area contributed by atoms with Crippen molar-refractivity contribution in [3.8, 4) is 11.3 Å². The summed E-state index contributed by atoms with van der Waals surface area (Å²) in [6, 6.07) is 45.4. The maximum atomic E-state index is 15.0. The quantitative estimate of drug-likeness (QED) is 0.149. The first-order chi connectivity index (χ1) is 27.1. The molecule has 12 heteroatoms. The fourth-order valence-corrected chi connectivity index (χ4v) is 7.60. The molecule has 0 aliphatic carbocycles. The van der Waals surface area contributed by atoms with Crippen molar-refractivity contribution in [3.05, 3.63) is 179 Å². The highest BCUT2D eigenvalue weighted by molar-refractivity contribution is 5.83. The number of hydrogen-bond donors (Lipinski definition) is 2.